The minimum absolute atomic E-state index is 0.307. The Balaban J connectivity index is 1.86. The summed E-state index contributed by atoms with van der Waals surface area (Å²) < 4.78 is 42.5. The Labute approximate surface area is 104 Å². The van der Waals surface area contributed by atoms with Gasteiger partial charge >= 0.3 is 6.18 Å². The number of alkyl halides is 3. The van der Waals surface area contributed by atoms with Gasteiger partial charge in [-0.2, -0.15) is 13.2 Å². The molecule has 0 amide bonds. The first-order chi connectivity index (χ1) is 8.55. The van der Waals surface area contributed by atoms with Gasteiger partial charge in [-0.3, -0.25) is 0 Å². The van der Waals surface area contributed by atoms with Gasteiger partial charge in [-0.05, 0) is 43.7 Å². The summed E-state index contributed by atoms with van der Waals surface area (Å²) in [6.07, 6.45) is -0.880. The van der Waals surface area contributed by atoms with Crippen LogP contribution in [0, 0.1) is 0 Å². The number of hydrogen-bond donors (Lipinski definition) is 1. The Kier molecular flexibility index (Phi) is 4.11. The van der Waals surface area contributed by atoms with Crippen molar-refractivity contribution in [2.75, 3.05) is 13.2 Å². The predicted molar refractivity (Wildman–Crippen MR) is 62.6 cm³/mol. The maximum atomic E-state index is 12.3. The van der Waals surface area contributed by atoms with E-state index in [1.807, 2.05) is 0 Å². The molecule has 0 radical (unpaired) electrons. The molecular weight excluding hydrogens is 243 g/mol. The second-order valence-electron chi connectivity index (χ2n) is 4.48. The maximum Gasteiger partial charge on any atom is 0.416 e. The van der Waals surface area contributed by atoms with Crippen LogP contribution in [0.5, 0.6) is 5.75 Å². The van der Waals surface area contributed by atoms with Crippen molar-refractivity contribution < 1.29 is 17.9 Å². The average molecular weight is 259 g/mol. The molecule has 1 heterocycles. The van der Waals surface area contributed by atoms with Crippen molar-refractivity contribution in [2.24, 2.45) is 0 Å². The molecule has 18 heavy (non-hydrogen) atoms. The number of nitrogens with one attached hydrogen (secondary N) is 1. The molecule has 1 atom stereocenters. The summed E-state index contributed by atoms with van der Waals surface area (Å²) in [7, 11) is 0. The van der Waals surface area contributed by atoms with E-state index in [0.717, 1.165) is 25.1 Å². The summed E-state index contributed by atoms with van der Waals surface area (Å²) in [5.41, 5.74) is -0.648. The molecular formula is C13H16F3NO. The van der Waals surface area contributed by atoms with E-state index in [1.54, 1.807) is 0 Å². The smallest absolute Gasteiger partial charge is 0.416 e. The van der Waals surface area contributed by atoms with Gasteiger partial charge in [-0.15, -0.1) is 0 Å². The van der Waals surface area contributed by atoms with Gasteiger partial charge in [0, 0.05) is 6.04 Å². The number of benzene rings is 1. The fraction of sp³-hybridized carbons (Fsp3) is 0.538. The lowest BCUT2D eigenvalue weighted by Crippen LogP contribution is -2.38. The van der Waals surface area contributed by atoms with E-state index in [2.05, 4.69) is 5.32 Å². The summed E-state index contributed by atoms with van der Waals surface area (Å²) in [5, 5.41) is 3.32. The number of ether oxygens (including phenoxy) is 1. The second kappa shape index (κ2) is 5.61. The first-order valence-corrected chi connectivity index (χ1v) is 6.09. The molecule has 1 N–H and O–H groups in total. The summed E-state index contributed by atoms with van der Waals surface area (Å²) in [6.45, 7) is 1.49. The van der Waals surface area contributed by atoms with Crippen LogP contribution in [-0.4, -0.2) is 19.2 Å². The highest BCUT2D eigenvalue weighted by Crippen LogP contribution is 2.30. The molecule has 1 fully saturated rings. The van der Waals surface area contributed by atoms with Gasteiger partial charge in [0.05, 0.1) is 5.56 Å². The summed E-state index contributed by atoms with van der Waals surface area (Å²) >= 11 is 0. The third-order valence-electron chi connectivity index (χ3n) is 3.05. The van der Waals surface area contributed by atoms with E-state index in [0.29, 0.717) is 18.4 Å². The van der Waals surface area contributed by atoms with Crippen LogP contribution in [0.3, 0.4) is 0 Å². The number of rotatable bonds is 3. The van der Waals surface area contributed by atoms with Crippen molar-refractivity contribution in [1.82, 2.24) is 5.32 Å². The van der Waals surface area contributed by atoms with E-state index in [9.17, 15) is 13.2 Å². The monoisotopic (exact) mass is 259 g/mol. The SMILES string of the molecule is FC(F)(F)c1ccc(OCC2CCCCN2)cc1. The van der Waals surface area contributed by atoms with Gasteiger partial charge in [0.2, 0.25) is 0 Å². The largest absolute Gasteiger partial charge is 0.492 e. The van der Waals surface area contributed by atoms with Crippen molar-refractivity contribution in [2.45, 2.75) is 31.5 Å². The fourth-order valence-electron chi connectivity index (χ4n) is 2.00. The lowest BCUT2D eigenvalue weighted by atomic mass is 10.1. The van der Waals surface area contributed by atoms with Gasteiger partial charge in [-0.1, -0.05) is 6.42 Å². The molecule has 1 aliphatic rings. The zero-order valence-corrected chi connectivity index (χ0v) is 9.96. The van der Waals surface area contributed by atoms with E-state index in [-0.39, 0.29) is 0 Å². The van der Waals surface area contributed by atoms with Crippen LogP contribution in [0.4, 0.5) is 13.2 Å². The number of piperidine rings is 1. The van der Waals surface area contributed by atoms with Crippen molar-refractivity contribution >= 4 is 0 Å². The fourth-order valence-corrected chi connectivity index (χ4v) is 2.00. The minimum atomic E-state index is -4.29. The average Bonchev–Trinajstić information content (AvgIpc) is 2.37. The van der Waals surface area contributed by atoms with Crippen molar-refractivity contribution in [3.05, 3.63) is 29.8 Å². The summed E-state index contributed by atoms with van der Waals surface area (Å²) in [6, 6.07) is 5.13. The second-order valence-corrected chi connectivity index (χ2v) is 4.48. The first-order valence-electron chi connectivity index (χ1n) is 6.09. The van der Waals surface area contributed by atoms with Crippen LogP contribution in [0.1, 0.15) is 24.8 Å². The highest BCUT2D eigenvalue weighted by atomic mass is 19.4. The van der Waals surface area contributed by atoms with Gasteiger partial charge in [-0.25, -0.2) is 0 Å². The normalized spacial score (nSPS) is 20.7. The van der Waals surface area contributed by atoms with Crippen LogP contribution >= 0.6 is 0 Å². The van der Waals surface area contributed by atoms with E-state index in [1.165, 1.54) is 25.0 Å². The van der Waals surface area contributed by atoms with Crippen molar-refractivity contribution in [1.29, 1.82) is 0 Å². The zero-order chi connectivity index (χ0) is 13.0. The maximum absolute atomic E-state index is 12.3. The van der Waals surface area contributed by atoms with E-state index >= 15 is 0 Å². The molecule has 1 saturated heterocycles. The third kappa shape index (κ3) is 3.63. The Bertz CT molecular complexity index is 369. The lowest BCUT2D eigenvalue weighted by molar-refractivity contribution is -0.137. The lowest BCUT2D eigenvalue weighted by Gasteiger charge is -2.23. The third-order valence-corrected chi connectivity index (χ3v) is 3.05. The molecule has 0 saturated carbocycles. The van der Waals surface area contributed by atoms with Crippen LogP contribution in [-0.2, 0) is 6.18 Å². The number of hydrogen-bond acceptors (Lipinski definition) is 2. The summed E-state index contributed by atoms with van der Waals surface area (Å²) in [5.74, 6) is 0.482. The Morgan fingerprint density at radius 1 is 1.17 bits per heavy atom. The Morgan fingerprint density at radius 3 is 2.44 bits per heavy atom. The highest BCUT2D eigenvalue weighted by molar-refractivity contribution is 5.28. The quantitative estimate of drug-likeness (QED) is 0.899. The number of halogens is 3. The minimum Gasteiger partial charge on any atom is -0.492 e. The Hall–Kier alpha value is -1.23. The molecule has 0 spiro atoms. The molecule has 1 aromatic rings. The Morgan fingerprint density at radius 2 is 1.89 bits per heavy atom. The standard InChI is InChI=1S/C13H16F3NO/c14-13(15,16)10-4-6-12(7-5-10)18-9-11-3-1-2-8-17-11/h4-7,11,17H,1-3,8-9H2. The zero-order valence-electron chi connectivity index (χ0n) is 9.96. The van der Waals surface area contributed by atoms with Gasteiger partial charge in [0.1, 0.15) is 12.4 Å². The summed E-state index contributed by atoms with van der Waals surface area (Å²) in [4.78, 5) is 0. The molecule has 1 unspecified atom stereocenters. The molecule has 1 aliphatic heterocycles. The van der Waals surface area contributed by atoms with Crippen LogP contribution in [0.25, 0.3) is 0 Å². The molecule has 100 valence electrons. The van der Waals surface area contributed by atoms with E-state index < -0.39 is 11.7 Å². The molecule has 1 aromatic carbocycles. The van der Waals surface area contributed by atoms with Crippen molar-refractivity contribution in [3.63, 3.8) is 0 Å². The highest BCUT2D eigenvalue weighted by Gasteiger charge is 2.30. The topological polar surface area (TPSA) is 21.3 Å². The van der Waals surface area contributed by atoms with Gasteiger partial charge in [0.25, 0.3) is 0 Å². The molecule has 0 aromatic heterocycles. The van der Waals surface area contributed by atoms with Crippen LogP contribution in [0.15, 0.2) is 24.3 Å². The molecule has 0 aliphatic carbocycles. The van der Waals surface area contributed by atoms with Crippen molar-refractivity contribution in [3.8, 4) is 5.75 Å². The van der Waals surface area contributed by atoms with Gasteiger partial charge in [0.15, 0.2) is 0 Å². The van der Waals surface area contributed by atoms with E-state index in [4.69, 9.17) is 4.74 Å². The van der Waals surface area contributed by atoms with Crippen LogP contribution in [0.2, 0.25) is 0 Å². The molecule has 0 bridgehead atoms. The predicted octanol–water partition coefficient (Wildman–Crippen LogP) is 3.23. The van der Waals surface area contributed by atoms with Crippen LogP contribution < -0.4 is 10.1 Å². The molecule has 2 rings (SSSR count). The molecule has 2 nitrogen and oxygen atoms in total. The molecule has 5 heteroatoms. The van der Waals surface area contributed by atoms with Gasteiger partial charge < -0.3 is 10.1 Å². The first kappa shape index (κ1) is 13.2.